The highest BCUT2D eigenvalue weighted by Gasteiger charge is 2.04. The first kappa shape index (κ1) is 10.6. The highest BCUT2D eigenvalue weighted by atomic mass is 35.5. The Morgan fingerprint density at radius 2 is 2.31 bits per heavy atom. The number of aromatic nitrogens is 5. The fourth-order valence-corrected chi connectivity index (χ4v) is 1.21. The van der Waals surface area contributed by atoms with Crippen molar-refractivity contribution in [1.82, 2.24) is 24.9 Å². The van der Waals surface area contributed by atoms with Gasteiger partial charge >= 0.3 is 6.01 Å². The van der Waals surface area contributed by atoms with Gasteiger partial charge in [-0.25, -0.2) is 4.98 Å². The predicted molar refractivity (Wildman–Crippen MR) is 57.3 cm³/mol. The number of anilines is 1. The zero-order valence-corrected chi connectivity index (χ0v) is 9.19. The molecular formula is C8H9ClN6O. The maximum atomic E-state index is 5.68. The van der Waals surface area contributed by atoms with Gasteiger partial charge < -0.3 is 15.0 Å². The summed E-state index contributed by atoms with van der Waals surface area (Å²) in [6.45, 7) is 0.469. The maximum absolute atomic E-state index is 5.68. The molecule has 0 atom stereocenters. The van der Waals surface area contributed by atoms with E-state index in [1.807, 2.05) is 0 Å². The minimum Gasteiger partial charge on any atom is -0.467 e. The summed E-state index contributed by atoms with van der Waals surface area (Å²) < 4.78 is 4.86. The lowest BCUT2D eigenvalue weighted by Crippen LogP contribution is -2.06. The Kier molecular flexibility index (Phi) is 3.16. The van der Waals surface area contributed by atoms with E-state index < -0.39 is 0 Å². The summed E-state index contributed by atoms with van der Waals surface area (Å²) in [5, 5.41) is 3.02. The van der Waals surface area contributed by atoms with E-state index in [9.17, 15) is 0 Å². The summed E-state index contributed by atoms with van der Waals surface area (Å²) in [6.07, 6.45) is 3.40. The standard InChI is InChI=1S/C8H9ClN6O/c1-16-8-14-6(9)13-7(15-8)12-4-5-10-2-3-11-5/h2-3H,4H2,1H3,(H,10,11)(H,12,13,14,15). The van der Waals surface area contributed by atoms with E-state index in [4.69, 9.17) is 16.3 Å². The molecule has 16 heavy (non-hydrogen) atoms. The van der Waals surface area contributed by atoms with Gasteiger partial charge in [0.2, 0.25) is 11.2 Å². The molecule has 0 radical (unpaired) electrons. The van der Waals surface area contributed by atoms with Crippen molar-refractivity contribution in [2.45, 2.75) is 6.54 Å². The van der Waals surface area contributed by atoms with Crippen molar-refractivity contribution in [3.8, 4) is 6.01 Å². The Hall–Kier alpha value is -1.89. The Balaban J connectivity index is 2.06. The molecule has 8 heteroatoms. The number of aromatic amines is 1. The summed E-state index contributed by atoms with van der Waals surface area (Å²) in [4.78, 5) is 18.6. The van der Waals surface area contributed by atoms with E-state index in [1.165, 1.54) is 7.11 Å². The number of methoxy groups -OCH3 is 1. The molecule has 2 rings (SSSR count). The third-order valence-corrected chi connectivity index (χ3v) is 1.91. The Morgan fingerprint density at radius 3 is 3.00 bits per heavy atom. The normalized spacial score (nSPS) is 10.1. The summed E-state index contributed by atoms with van der Waals surface area (Å²) in [5.41, 5.74) is 0. The minimum absolute atomic E-state index is 0.0776. The first-order valence-corrected chi connectivity index (χ1v) is 4.83. The van der Waals surface area contributed by atoms with Crippen molar-refractivity contribution in [2.24, 2.45) is 0 Å². The first-order chi connectivity index (χ1) is 7.78. The van der Waals surface area contributed by atoms with Gasteiger partial charge in [-0.05, 0) is 11.6 Å². The van der Waals surface area contributed by atoms with Crippen LogP contribution in [0, 0.1) is 0 Å². The topological polar surface area (TPSA) is 88.6 Å². The first-order valence-electron chi connectivity index (χ1n) is 4.45. The monoisotopic (exact) mass is 240 g/mol. The molecule has 0 unspecified atom stereocenters. The number of imidazole rings is 1. The number of H-pyrrole nitrogens is 1. The molecule has 2 N–H and O–H groups in total. The molecule has 0 saturated carbocycles. The number of hydrogen-bond donors (Lipinski definition) is 2. The van der Waals surface area contributed by atoms with Crippen LogP contribution in [0.15, 0.2) is 12.4 Å². The van der Waals surface area contributed by atoms with Gasteiger partial charge in [-0.3, -0.25) is 0 Å². The van der Waals surface area contributed by atoms with Gasteiger partial charge in [0.1, 0.15) is 5.82 Å². The molecule has 0 aromatic carbocycles. The van der Waals surface area contributed by atoms with Crippen molar-refractivity contribution in [3.63, 3.8) is 0 Å². The second-order valence-electron chi connectivity index (χ2n) is 2.80. The Bertz CT molecular complexity index is 460. The van der Waals surface area contributed by atoms with Crippen LogP contribution in [0.25, 0.3) is 0 Å². The van der Waals surface area contributed by atoms with Crippen LogP contribution in [0.1, 0.15) is 5.82 Å². The fourth-order valence-electron chi connectivity index (χ4n) is 1.06. The van der Waals surface area contributed by atoms with E-state index in [2.05, 4.69) is 30.2 Å². The summed E-state index contributed by atoms with van der Waals surface area (Å²) in [5.74, 6) is 1.11. The van der Waals surface area contributed by atoms with Crippen molar-refractivity contribution < 1.29 is 4.74 Å². The van der Waals surface area contributed by atoms with Crippen molar-refractivity contribution in [3.05, 3.63) is 23.5 Å². The van der Waals surface area contributed by atoms with Gasteiger partial charge in [-0.1, -0.05) is 0 Å². The minimum atomic E-state index is 0.0776. The lowest BCUT2D eigenvalue weighted by atomic mass is 10.6. The zero-order chi connectivity index (χ0) is 11.4. The quantitative estimate of drug-likeness (QED) is 0.824. The van der Waals surface area contributed by atoms with Crippen LogP contribution in [-0.4, -0.2) is 32.0 Å². The molecule has 2 aromatic heterocycles. The zero-order valence-electron chi connectivity index (χ0n) is 8.44. The summed E-state index contributed by atoms with van der Waals surface area (Å²) in [6, 6.07) is 0.168. The average molecular weight is 241 g/mol. The molecular weight excluding hydrogens is 232 g/mol. The summed E-state index contributed by atoms with van der Waals surface area (Å²) >= 11 is 5.68. The molecule has 2 heterocycles. The number of ether oxygens (including phenoxy) is 1. The van der Waals surface area contributed by atoms with Gasteiger partial charge in [0, 0.05) is 12.4 Å². The molecule has 0 bridgehead atoms. The van der Waals surface area contributed by atoms with Crippen LogP contribution in [-0.2, 0) is 6.54 Å². The lowest BCUT2D eigenvalue weighted by molar-refractivity contribution is 0.379. The molecule has 0 spiro atoms. The van der Waals surface area contributed by atoms with Gasteiger partial charge in [0.15, 0.2) is 0 Å². The van der Waals surface area contributed by atoms with Crippen molar-refractivity contribution in [2.75, 3.05) is 12.4 Å². The Labute approximate surface area is 96.3 Å². The van der Waals surface area contributed by atoms with Gasteiger partial charge in [-0.15, -0.1) is 0 Å². The van der Waals surface area contributed by atoms with E-state index in [1.54, 1.807) is 12.4 Å². The average Bonchev–Trinajstić information content (AvgIpc) is 2.78. The fraction of sp³-hybridized carbons (Fsp3) is 0.250. The van der Waals surface area contributed by atoms with E-state index in [-0.39, 0.29) is 11.3 Å². The van der Waals surface area contributed by atoms with Crippen LogP contribution < -0.4 is 10.1 Å². The largest absolute Gasteiger partial charge is 0.467 e. The van der Waals surface area contributed by atoms with Gasteiger partial charge in [0.05, 0.1) is 13.7 Å². The molecule has 2 aromatic rings. The molecule has 0 aliphatic rings. The number of nitrogens with one attached hydrogen (secondary N) is 2. The molecule has 0 aliphatic carbocycles. The van der Waals surface area contributed by atoms with E-state index in [0.717, 1.165) is 5.82 Å². The SMILES string of the molecule is COc1nc(Cl)nc(NCc2ncc[nH]2)n1. The predicted octanol–water partition coefficient (Wildman–Crippen LogP) is 0.869. The Morgan fingerprint density at radius 1 is 1.44 bits per heavy atom. The van der Waals surface area contributed by atoms with Crippen LogP contribution >= 0.6 is 11.6 Å². The van der Waals surface area contributed by atoms with Gasteiger partial charge in [0.25, 0.3) is 0 Å². The smallest absolute Gasteiger partial charge is 0.322 e. The maximum Gasteiger partial charge on any atom is 0.322 e. The molecule has 84 valence electrons. The highest BCUT2D eigenvalue weighted by molar-refractivity contribution is 6.28. The molecule has 7 nitrogen and oxygen atoms in total. The second-order valence-corrected chi connectivity index (χ2v) is 3.14. The molecule has 0 saturated heterocycles. The third-order valence-electron chi connectivity index (χ3n) is 1.74. The number of nitrogens with zero attached hydrogens (tertiary/aromatic N) is 4. The molecule has 0 fully saturated rings. The third kappa shape index (κ3) is 2.57. The van der Waals surface area contributed by atoms with E-state index >= 15 is 0 Å². The second kappa shape index (κ2) is 4.75. The molecule has 0 amide bonds. The summed E-state index contributed by atoms with van der Waals surface area (Å²) in [7, 11) is 1.46. The van der Waals surface area contributed by atoms with Crippen LogP contribution in [0.3, 0.4) is 0 Å². The van der Waals surface area contributed by atoms with Crippen LogP contribution in [0.2, 0.25) is 5.28 Å². The van der Waals surface area contributed by atoms with Crippen molar-refractivity contribution in [1.29, 1.82) is 0 Å². The molecule has 0 aliphatic heterocycles. The van der Waals surface area contributed by atoms with Crippen LogP contribution in [0.5, 0.6) is 6.01 Å². The van der Waals surface area contributed by atoms with Crippen LogP contribution in [0.4, 0.5) is 5.95 Å². The number of halogens is 1. The van der Waals surface area contributed by atoms with E-state index in [0.29, 0.717) is 12.5 Å². The number of hydrogen-bond acceptors (Lipinski definition) is 6. The van der Waals surface area contributed by atoms with Gasteiger partial charge in [-0.2, -0.15) is 15.0 Å². The number of rotatable bonds is 4. The lowest BCUT2D eigenvalue weighted by Gasteiger charge is -2.04. The highest BCUT2D eigenvalue weighted by Crippen LogP contribution is 2.10. The van der Waals surface area contributed by atoms with Crippen molar-refractivity contribution >= 4 is 17.5 Å².